The summed E-state index contributed by atoms with van der Waals surface area (Å²) in [4.78, 5) is 11.0. The number of carbonyl (C=O) groups is 1. The van der Waals surface area contributed by atoms with Gasteiger partial charge in [0.2, 0.25) is 0 Å². The molecule has 1 aromatic heterocycles. The molecule has 0 spiro atoms. The Kier molecular flexibility index (Phi) is 3.18. The largest absolute Gasteiger partial charge is 0.497 e. The normalized spacial score (nSPS) is 10.3. The minimum absolute atomic E-state index is 0.100. The zero-order valence-corrected chi connectivity index (χ0v) is 9.96. The molecule has 0 aliphatic heterocycles. The van der Waals surface area contributed by atoms with Crippen LogP contribution in [0.3, 0.4) is 0 Å². The van der Waals surface area contributed by atoms with Crippen LogP contribution >= 0.6 is 0 Å². The molecular weight excluding hydrogens is 232 g/mol. The van der Waals surface area contributed by atoms with Gasteiger partial charge in [0.15, 0.2) is 5.69 Å². The van der Waals surface area contributed by atoms with E-state index in [-0.39, 0.29) is 11.4 Å². The van der Waals surface area contributed by atoms with Crippen LogP contribution in [0.1, 0.15) is 16.1 Å². The van der Waals surface area contributed by atoms with Gasteiger partial charge in [0, 0.05) is 6.20 Å². The Morgan fingerprint density at radius 3 is 2.56 bits per heavy atom. The molecule has 1 aromatic carbocycles. The summed E-state index contributed by atoms with van der Waals surface area (Å²) < 4.78 is 6.65. The second kappa shape index (κ2) is 4.79. The molecule has 0 unspecified atom stereocenters. The second-order valence-corrected chi connectivity index (χ2v) is 3.84. The Balaban J connectivity index is 2.18. The standard InChI is InChI=1S/C12H14N4O2/c1-18-9-4-2-8(3-5-9)6-16-7-10(13)11(15-16)12(14)17/h2-5,7H,6,13H2,1H3,(H2,14,17). The lowest BCUT2D eigenvalue weighted by molar-refractivity contribution is 0.0995. The van der Waals surface area contributed by atoms with Crippen molar-refractivity contribution in [3.05, 3.63) is 41.7 Å². The van der Waals surface area contributed by atoms with Gasteiger partial charge in [-0.25, -0.2) is 0 Å². The number of anilines is 1. The Labute approximate surface area is 104 Å². The van der Waals surface area contributed by atoms with Crippen molar-refractivity contribution in [2.75, 3.05) is 12.8 Å². The van der Waals surface area contributed by atoms with Crippen LogP contribution in [0.2, 0.25) is 0 Å². The van der Waals surface area contributed by atoms with Crippen LogP contribution < -0.4 is 16.2 Å². The summed E-state index contributed by atoms with van der Waals surface area (Å²) in [5.41, 5.74) is 12.2. The molecule has 1 amide bonds. The maximum absolute atomic E-state index is 11.0. The van der Waals surface area contributed by atoms with Crippen molar-refractivity contribution in [3.63, 3.8) is 0 Å². The summed E-state index contributed by atoms with van der Waals surface area (Å²) in [6, 6.07) is 7.55. The van der Waals surface area contributed by atoms with E-state index in [1.165, 1.54) is 0 Å². The lowest BCUT2D eigenvalue weighted by atomic mass is 10.2. The number of benzene rings is 1. The van der Waals surface area contributed by atoms with Gasteiger partial charge in [0.25, 0.3) is 5.91 Å². The van der Waals surface area contributed by atoms with Crippen molar-refractivity contribution < 1.29 is 9.53 Å². The van der Waals surface area contributed by atoms with E-state index >= 15 is 0 Å². The van der Waals surface area contributed by atoms with Crippen molar-refractivity contribution >= 4 is 11.6 Å². The molecule has 6 heteroatoms. The summed E-state index contributed by atoms with van der Waals surface area (Å²) in [5, 5.41) is 4.03. The van der Waals surface area contributed by atoms with Gasteiger partial charge in [0.1, 0.15) is 5.75 Å². The fourth-order valence-corrected chi connectivity index (χ4v) is 1.63. The SMILES string of the molecule is COc1ccc(Cn2cc(N)c(C(N)=O)n2)cc1. The lowest BCUT2D eigenvalue weighted by Crippen LogP contribution is -2.14. The van der Waals surface area contributed by atoms with E-state index in [9.17, 15) is 4.79 Å². The van der Waals surface area contributed by atoms with Crippen LogP contribution in [0, 0.1) is 0 Å². The molecule has 1 heterocycles. The molecule has 94 valence electrons. The third-order valence-electron chi connectivity index (χ3n) is 2.53. The number of nitrogens with two attached hydrogens (primary N) is 2. The highest BCUT2D eigenvalue weighted by Crippen LogP contribution is 2.14. The molecule has 2 aromatic rings. The molecular formula is C12H14N4O2. The van der Waals surface area contributed by atoms with Crippen LogP contribution in [0.25, 0.3) is 0 Å². The molecule has 4 N–H and O–H groups in total. The van der Waals surface area contributed by atoms with Crippen LogP contribution in [0.5, 0.6) is 5.75 Å². The number of aromatic nitrogens is 2. The molecule has 0 aliphatic carbocycles. The molecule has 0 radical (unpaired) electrons. The highest BCUT2D eigenvalue weighted by molar-refractivity contribution is 5.95. The predicted molar refractivity (Wildman–Crippen MR) is 67.3 cm³/mol. The van der Waals surface area contributed by atoms with Crippen LogP contribution in [0.15, 0.2) is 30.5 Å². The first-order valence-electron chi connectivity index (χ1n) is 5.36. The average molecular weight is 246 g/mol. The molecule has 0 fully saturated rings. The Hall–Kier alpha value is -2.50. The number of hydrogen-bond donors (Lipinski definition) is 2. The average Bonchev–Trinajstić information content (AvgIpc) is 2.71. The van der Waals surface area contributed by atoms with E-state index in [0.29, 0.717) is 6.54 Å². The molecule has 18 heavy (non-hydrogen) atoms. The molecule has 0 bridgehead atoms. The number of methoxy groups -OCH3 is 1. The fraction of sp³-hybridized carbons (Fsp3) is 0.167. The van der Waals surface area contributed by atoms with Crippen LogP contribution in [0.4, 0.5) is 5.69 Å². The van der Waals surface area contributed by atoms with Crippen molar-refractivity contribution in [1.29, 1.82) is 0 Å². The fourth-order valence-electron chi connectivity index (χ4n) is 1.63. The quantitative estimate of drug-likeness (QED) is 0.826. The Bertz CT molecular complexity index is 560. The predicted octanol–water partition coefficient (Wildman–Crippen LogP) is 0.621. The number of primary amides is 1. The maximum atomic E-state index is 11.0. The highest BCUT2D eigenvalue weighted by Gasteiger charge is 2.11. The number of carbonyl (C=O) groups excluding carboxylic acids is 1. The van der Waals surface area contributed by atoms with Crippen molar-refractivity contribution in [1.82, 2.24) is 9.78 Å². The van der Waals surface area contributed by atoms with Gasteiger partial charge in [-0.1, -0.05) is 12.1 Å². The Morgan fingerprint density at radius 1 is 1.39 bits per heavy atom. The van der Waals surface area contributed by atoms with Crippen molar-refractivity contribution in [2.45, 2.75) is 6.54 Å². The van der Waals surface area contributed by atoms with E-state index in [1.807, 2.05) is 24.3 Å². The molecule has 0 saturated carbocycles. The third kappa shape index (κ3) is 2.42. The first-order valence-corrected chi connectivity index (χ1v) is 5.36. The molecule has 0 aliphatic rings. The number of amides is 1. The van der Waals surface area contributed by atoms with Crippen molar-refractivity contribution in [2.24, 2.45) is 5.73 Å². The summed E-state index contributed by atoms with van der Waals surface area (Å²) >= 11 is 0. The summed E-state index contributed by atoms with van der Waals surface area (Å²) in [5.74, 6) is 0.164. The van der Waals surface area contributed by atoms with Crippen molar-refractivity contribution in [3.8, 4) is 5.75 Å². The summed E-state index contributed by atoms with van der Waals surface area (Å²) in [7, 11) is 1.61. The zero-order valence-electron chi connectivity index (χ0n) is 9.96. The van der Waals surface area contributed by atoms with E-state index < -0.39 is 5.91 Å². The number of hydrogen-bond acceptors (Lipinski definition) is 4. The molecule has 0 atom stereocenters. The number of ether oxygens (including phenoxy) is 1. The monoisotopic (exact) mass is 246 g/mol. The van der Waals surface area contributed by atoms with Gasteiger partial charge in [0.05, 0.1) is 19.3 Å². The molecule has 0 saturated heterocycles. The smallest absolute Gasteiger partial charge is 0.271 e. The van der Waals surface area contributed by atoms with Gasteiger partial charge in [-0.05, 0) is 17.7 Å². The lowest BCUT2D eigenvalue weighted by Gasteiger charge is -2.03. The van der Waals surface area contributed by atoms with E-state index in [0.717, 1.165) is 11.3 Å². The van der Waals surface area contributed by atoms with Gasteiger partial charge < -0.3 is 16.2 Å². The first kappa shape index (κ1) is 12.0. The van der Waals surface area contributed by atoms with Gasteiger partial charge in [-0.2, -0.15) is 5.10 Å². The zero-order chi connectivity index (χ0) is 13.1. The van der Waals surface area contributed by atoms with Crippen LogP contribution in [-0.2, 0) is 6.54 Å². The van der Waals surface area contributed by atoms with Gasteiger partial charge >= 0.3 is 0 Å². The molecule has 6 nitrogen and oxygen atoms in total. The number of nitrogens with zero attached hydrogens (tertiary/aromatic N) is 2. The third-order valence-corrected chi connectivity index (χ3v) is 2.53. The minimum Gasteiger partial charge on any atom is -0.497 e. The first-order chi connectivity index (χ1) is 8.60. The topological polar surface area (TPSA) is 96.2 Å². The van der Waals surface area contributed by atoms with E-state index in [2.05, 4.69) is 5.10 Å². The highest BCUT2D eigenvalue weighted by atomic mass is 16.5. The summed E-state index contributed by atoms with van der Waals surface area (Å²) in [6.07, 6.45) is 1.59. The van der Waals surface area contributed by atoms with E-state index in [4.69, 9.17) is 16.2 Å². The minimum atomic E-state index is -0.624. The Morgan fingerprint density at radius 2 is 2.06 bits per heavy atom. The summed E-state index contributed by atoms with van der Waals surface area (Å²) in [6.45, 7) is 0.515. The van der Waals surface area contributed by atoms with Gasteiger partial charge in [-0.15, -0.1) is 0 Å². The van der Waals surface area contributed by atoms with E-state index in [1.54, 1.807) is 18.0 Å². The maximum Gasteiger partial charge on any atom is 0.271 e. The second-order valence-electron chi connectivity index (χ2n) is 3.84. The number of nitrogen functional groups attached to an aromatic ring is 1. The number of rotatable bonds is 4. The van der Waals surface area contributed by atoms with Crippen LogP contribution in [-0.4, -0.2) is 22.8 Å². The van der Waals surface area contributed by atoms with Gasteiger partial charge in [-0.3, -0.25) is 9.48 Å². The molecule has 2 rings (SSSR count).